The van der Waals surface area contributed by atoms with Crippen LogP contribution in [0, 0.1) is 0 Å². The van der Waals surface area contributed by atoms with Gasteiger partial charge in [0, 0.05) is 51.2 Å². The van der Waals surface area contributed by atoms with E-state index in [0.717, 1.165) is 32.6 Å². The van der Waals surface area contributed by atoms with Crippen molar-refractivity contribution < 1.29 is 9.90 Å². The van der Waals surface area contributed by atoms with E-state index in [1.165, 1.54) is 0 Å². The van der Waals surface area contributed by atoms with Crippen LogP contribution >= 0.6 is 0 Å². The van der Waals surface area contributed by atoms with Gasteiger partial charge in [0.25, 0.3) is 5.91 Å². The number of aliphatic hydroxyl groups is 1. The van der Waals surface area contributed by atoms with Gasteiger partial charge in [-0.05, 0) is 25.6 Å². The lowest BCUT2D eigenvalue weighted by Crippen LogP contribution is -2.77. The molecule has 4 heterocycles. The number of carbonyl (C=O) groups is 1. The topological polar surface area (TPSA) is 59.9 Å². The molecule has 118 valence electrons. The van der Waals surface area contributed by atoms with E-state index >= 15 is 0 Å². The van der Waals surface area contributed by atoms with Crippen molar-refractivity contribution in [2.75, 3.05) is 39.8 Å². The molecule has 1 aromatic rings. The third kappa shape index (κ3) is 2.14. The molecular formula is C16H22N4O2. The molecule has 6 heteroatoms. The molecule has 1 spiro atoms. The van der Waals surface area contributed by atoms with Gasteiger partial charge in [-0.25, -0.2) is 0 Å². The number of rotatable bonds is 1. The number of piperazine rings is 1. The first-order chi connectivity index (χ1) is 10.6. The molecule has 2 unspecified atom stereocenters. The number of amides is 1. The molecule has 0 bridgehead atoms. The van der Waals surface area contributed by atoms with Crippen molar-refractivity contribution in [3.05, 3.63) is 30.1 Å². The van der Waals surface area contributed by atoms with Gasteiger partial charge < -0.3 is 14.9 Å². The summed E-state index contributed by atoms with van der Waals surface area (Å²) >= 11 is 0. The fraction of sp³-hybridized carbons (Fsp3) is 0.625. The number of aromatic nitrogens is 1. The number of nitrogens with zero attached hydrogens (tertiary/aromatic N) is 4. The Hall–Kier alpha value is -1.50. The lowest BCUT2D eigenvalue weighted by molar-refractivity contribution is -0.0963. The number of pyridine rings is 1. The molecule has 3 aliphatic rings. The summed E-state index contributed by atoms with van der Waals surface area (Å²) in [6, 6.07) is 3.90. The van der Waals surface area contributed by atoms with Gasteiger partial charge in [-0.3, -0.25) is 14.7 Å². The number of likely N-dealkylation sites (N-methyl/N-ethyl adjacent to an activating group) is 1. The van der Waals surface area contributed by atoms with Gasteiger partial charge in [0.05, 0.1) is 17.2 Å². The fourth-order valence-electron chi connectivity index (χ4n) is 4.48. The minimum atomic E-state index is -0.263. The van der Waals surface area contributed by atoms with Crippen LogP contribution in [0.4, 0.5) is 0 Å². The summed E-state index contributed by atoms with van der Waals surface area (Å²) in [5, 5.41) is 10.1. The SMILES string of the molecule is CN1CC2(C1)CN(C(=O)c1cccnc1)CC1CC(O)CN12. The lowest BCUT2D eigenvalue weighted by atomic mass is 9.84. The molecule has 22 heavy (non-hydrogen) atoms. The second-order valence-corrected chi connectivity index (χ2v) is 7.02. The third-order valence-electron chi connectivity index (χ3n) is 5.24. The van der Waals surface area contributed by atoms with E-state index in [1.54, 1.807) is 18.5 Å². The molecule has 0 aromatic carbocycles. The maximum Gasteiger partial charge on any atom is 0.255 e. The highest BCUT2D eigenvalue weighted by Crippen LogP contribution is 2.38. The first-order valence-corrected chi connectivity index (χ1v) is 7.90. The Labute approximate surface area is 130 Å². The van der Waals surface area contributed by atoms with Crippen molar-refractivity contribution >= 4 is 5.91 Å². The summed E-state index contributed by atoms with van der Waals surface area (Å²) in [7, 11) is 2.11. The lowest BCUT2D eigenvalue weighted by Gasteiger charge is -2.60. The Morgan fingerprint density at radius 3 is 2.86 bits per heavy atom. The number of fused-ring (bicyclic) bond motifs is 2. The second-order valence-electron chi connectivity index (χ2n) is 7.02. The van der Waals surface area contributed by atoms with Crippen LogP contribution in [-0.4, -0.2) is 88.2 Å². The van der Waals surface area contributed by atoms with Crippen LogP contribution in [0.5, 0.6) is 0 Å². The summed E-state index contributed by atoms with van der Waals surface area (Å²) in [6.45, 7) is 4.12. The largest absolute Gasteiger partial charge is 0.392 e. The normalized spacial score (nSPS) is 31.1. The molecule has 0 saturated carbocycles. The van der Waals surface area contributed by atoms with E-state index < -0.39 is 0 Å². The number of likely N-dealkylation sites (tertiary alicyclic amines) is 1. The quantitative estimate of drug-likeness (QED) is 0.769. The molecule has 3 fully saturated rings. The van der Waals surface area contributed by atoms with Crippen LogP contribution in [-0.2, 0) is 0 Å². The van der Waals surface area contributed by atoms with Crippen LogP contribution in [0.3, 0.4) is 0 Å². The maximum absolute atomic E-state index is 12.8. The van der Waals surface area contributed by atoms with Gasteiger partial charge in [-0.2, -0.15) is 0 Å². The van der Waals surface area contributed by atoms with Crippen LogP contribution in [0.1, 0.15) is 16.8 Å². The molecule has 4 rings (SSSR count). The van der Waals surface area contributed by atoms with Crippen LogP contribution in [0.15, 0.2) is 24.5 Å². The summed E-state index contributed by atoms with van der Waals surface area (Å²) in [6.07, 6.45) is 3.83. The van der Waals surface area contributed by atoms with E-state index in [4.69, 9.17) is 0 Å². The number of hydrogen-bond donors (Lipinski definition) is 1. The van der Waals surface area contributed by atoms with Gasteiger partial charge in [-0.15, -0.1) is 0 Å². The highest BCUT2D eigenvalue weighted by Gasteiger charge is 2.55. The maximum atomic E-state index is 12.8. The average molecular weight is 302 g/mol. The predicted octanol–water partition coefficient (Wildman–Crippen LogP) is -0.343. The smallest absolute Gasteiger partial charge is 0.255 e. The first-order valence-electron chi connectivity index (χ1n) is 7.90. The Kier molecular flexibility index (Phi) is 3.21. The zero-order chi connectivity index (χ0) is 15.3. The molecule has 1 N–H and O–H groups in total. The molecule has 6 nitrogen and oxygen atoms in total. The number of aliphatic hydroxyl groups excluding tert-OH is 1. The fourth-order valence-corrected chi connectivity index (χ4v) is 4.48. The number of carbonyl (C=O) groups excluding carboxylic acids is 1. The molecule has 0 radical (unpaired) electrons. The van der Waals surface area contributed by atoms with Crippen molar-refractivity contribution in [3.8, 4) is 0 Å². The molecule has 1 aromatic heterocycles. The summed E-state index contributed by atoms with van der Waals surface area (Å²) in [5.74, 6) is 0.0584. The van der Waals surface area contributed by atoms with Crippen LogP contribution in [0.2, 0.25) is 0 Å². The molecule has 2 atom stereocenters. The van der Waals surface area contributed by atoms with Crippen molar-refractivity contribution in [1.82, 2.24) is 19.7 Å². The number of β-amino-alcohol motifs (C(OH)–C–C–N with tert-alkyl or cyclic N) is 1. The Morgan fingerprint density at radius 1 is 1.36 bits per heavy atom. The van der Waals surface area contributed by atoms with Gasteiger partial charge >= 0.3 is 0 Å². The van der Waals surface area contributed by atoms with Crippen molar-refractivity contribution in [2.24, 2.45) is 0 Å². The van der Waals surface area contributed by atoms with Gasteiger partial charge in [0.2, 0.25) is 0 Å². The second kappa shape index (κ2) is 5.01. The highest BCUT2D eigenvalue weighted by molar-refractivity contribution is 5.94. The van der Waals surface area contributed by atoms with Crippen LogP contribution < -0.4 is 0 Å². The third-order valence-corrected chi connectivity index (χ3v) is 5.24. The molecule has 3 saturated heterocycles. The van der Waals surface area contributed by atoms with Crippen LogP contribution in [0.25, 0.3) is 0 Å². The Balaban J connectivity index is 1.59. The van der Waals surface area contributed by atoms with Crippen molar-refractivity contribution in [2.45, 2.75) is 24.1 Å². The molecule has 0 aliphatic carbocycles. The highest BCUT2D eigenvalue weighted by atomic mass is 16.3. The average Bonchev–Trinajstić information content (AvgIpc) is 2.87. The number of hydrogen-bond acceptors (Lipinski definition) is 5. The molecular weight excluding hydrogens is 280 g/mol. The Morgan fingerprint density at radius 2 is 2.18 bits per heavy atom. The zero-order valence-corrected chi connectivity index (χ0v) is 12.9. The van der Waals surface area contributed by atoms with Gasteiger partial charge in [-0.1, -0.05) is 0 Å². The van der Waals surface area contributed by atoms with Gasteiger partial charge in [0.15, 0.2) is 0 Å². The van der Waals surface area contributed by atoms with E-state index in [1.807, 2.05) is 11.0 Å². The molecule has 1 amide bonds. The zero-order valence-electron chi connectivity index (χ0n) is 12.9. The predicted molar refractivity (Wildman–Crippen MR) is 81.5 cm³/mol. The minimum absolute atomic E-state index is 0.0208. The minimum Gasteiger partial charge on any atom is -0.392 e. The van der Waals surface area contributed by atoms with E-state index in [9.17, 15) is 9.90 Å². The Bertz CT molecular complexity index is 573. The van der Waals surface area contributed by atoms with E-state index in [0.29, 0.717) is 12.1 Å². The summed E-state index contributed by atoms with van der Waals surface area (Å²) < 4.78 is 0. The van der Waals surface area contributed by atoms with Crippen molar-refractivity contribution in [3.63, 3.8) is 0 Å². The summed E-state index contributed by atoms with van der Waals surface area (Å²) in [5.41, 5.74) is 0.671. The van der Waals surface area contributed by atoms with Crippen molar-refractivity contribution in [1.29, 1.82) is 0 Å². The van der Waals surface area contributed by atoms with E-state index in [-0.39, 0.29) is 23.6 Å². The summed E-state index contributed by atoms with van der Waals surface area (Å²) in [4.78, 5) is 23.5. The van der Waals surface area contributed by atoms with E-state index in [2.05, 4.69) is 21.8 Å². The first kappa shape index (κ1) is 14.1. The van der Waals surface area contributed by atoms with Gasteiger partial charge in [0.1, 0.15) is 0 Å². The monoisotopic (exact) mass is 302 g/mol. The molecule has 3 aliphatic heterocycles. The standard InChI is InChI=1S/C16H22N4O2/c1-18-9-16(10-18)11-19(7-13-5-14(21)8-20(13)16)15(22)12-3-2-4-17-6-12/h2-4,6,13-14,21H,5,7-11H2,1H3.